The highest BCUT2D eigenvalue weighted by molar-refractivity contribution is 7.09. The van der Waals surface area contributed by atoms with Crippen molar-refractivity contribution in [1.29, 1.82) is 0 Å². The minimum Gasteiger partial charge on any atom is -0.486 e. The molecule has 3 rings (SSSR count). The van der Waals surface area contributed by atoms with Crippen molar-refractivity contribution >= 4 is 11.3 Å². The van der Waals surface area contributed by atoms with E-state index in [1.807, 2.05) is 11.4 Å². The Hall–Kier alpha value is -1.46. The molecule has 1 fully saturated rings. The van der Waals surface area contributed by atoms with Gasteiger partial charge in [0.05, 0.1) is 0 Å². The Kier molecular flexibility index (Phi) is 3.75. The van der Waals surface area contributed by atoms with Crippen LogP contribution in [0.15, 0.2) is 29.8 Å². The van der Waals surface area contributed by atoms with Crippen LogP contribution in [0, 0.1) is 5.82 Å². The molecule has 19 heavy (non-hydrogen) atoms. The molecule has 1 aromatic heterocycles. The van der Waals surface area contributed by atoms with Crippen LogP contribution in [-0.4, -0.2) is 11.0 Å². The summed E-state index contributed by atoms with van der Waals surface area (Å²) >= 11 is 1.53. The van der Waals surface area contributed by atoms with Gasteiger partial charge in [-0.2, -0.15) is 0 Å². The number of hydrogen-bond acceptors (Lipinski definition) is 4. The molecular weight excluding hydrogens is 263 g/mol. The monoisotopic (exact) mass is 278 g/mol. The van der Waals surface area contributed by atoms with Gasteiger partial charge in [-0.3, -0.25) is 0 Å². The summed E-state index contributed by atoms with van der Waals surface area (Å²) < 4.78 is 19.1. The molecule has 5 heteroatoms. The normalized spacial score (nSPS) is 14.6. The van der Waals surface area contributed by atoms with E-state index in [0.29, 0.717) is 24.9 Å². The summed E-state index contributed by atoms with van der Waals surface area (Å²) in [4.78, 5) is 4.13. The lowest BCUT2D eigenvalue weighted by Crippen LogP contribution is -2.15. The summed E-state index contributed by atoms with van der Waals surface area (Å²) in [6.07, 6.45) is 4.19. The predicted octanol–water partition coefficient (Wildman–Crippen LogP) is 3.11. The highest BCUT2D eigenvalue weighted by Gasteiger charge is 2.20. The Bertz CT molecular complexity index is 540. The quantitative estimate of drug-likeness (QED) is 0.881. The number of nitrogens with one attached hydrogen (secondary N) is 1. The van der Waals surface area contributed by atoms with Crippen LogP contribution < -0.4 is 10.1 Å². The van der Waals surface area contributed by atoms with E-state index in [4.69, 9.17) is 4.74 Å². The van der Waals surface area contributed by atoms with Gasteiger partial charge in [0.25, 0.3) is 0 Å². The topological polar surface area (TPSA) is 34.1 Å². The molecule has 1 aliphatic carbocycles. The van der Waals surface area contributed by atoms with Crippen molar-refractivity contribution in [2.45, 2.75) is 32.0 Å². The van der Waals surface area contributed by atoms with Crippen LogP contribution in [-0.2, 0) is 13.2 Å². The number of nitrogens with zero attached hydrogens (tertiary/aromatic N) is 1. The molecule has 1 saturated carbocycles. The Balaban J connectivity index is 1.62. The molecule has 0 amide bonds. The number of rotatable bonds is 6. The van der Waals surface area contributed by atoms with Crippen LogP contribution >= 0.6 is 11.3 Å². The first-order chi connectivity index (χ1) is 9.29. The second-order valence-electron chi connectivity index (χ2n) is 4.66. The lowest BCUT2D eigenvalue weighted by Gasteiger charge is -2.08. The third-order valence-electron chi connectivity index (χ3n) is 2.95. The molecule has 0 saturated heterocycles. The maximum atomic E-state index is 13.5. The lowest BCUT2D eigenvalue weighted by molar-refractivity contribution is 0.303. The minimum atomic E-state index is -0.260. The van der Waals surface area contributed by atoms with Crippen molar-refractivity contribution in [2.75, 3.05) is 0 Å². The minimum absolute atomic E-state index is 0.260. The lowest BCUT2D eigenvalue weighted by atomic mass is 10.2. The van der Waals surface area contributed by atoms with Gasteiger partial charge < -0.3 is 10.1 Å². The average molecular weight is 278 g/mol. The highest BCUT2D eigenvalue weighted by atomic mass is 32.1. The van der Waals surface area contributed by atoms with E-state index in [2.05, 4.69) is 10.3 Å². The fraction of sp³-hybridized carbons (Fsp3) is 0.357. The first-order valence-electron chi connectivity index (χ1n) is 6.33. The second kappa shape index (κ2) is 5.67. The van der Waals surface area contributed by atoms with Crippen LogP contribution in [0.25, 0.3) is 0 Å². The van der Waals surface area contributed by atoms with Gasteiger partial charge >= 0.3 is 0 Å². The van der Waals surface area contributed by atoms with Gasteiger partial charge in [0, 0.05) is 30.2 Å². The molecule has 1 aliphatic rings. The van der Waals surface area contributed by atoms with Gasteiger partial charge in [0.1, 0.15) is 23.2 Å². The van der Waals surface area contributed by atoms with Crippen LogP contribution in [0.5, 0.6) is 5.75 Å². The van der Waals surface area contributed by atoms with Gasteiger partial charge in [-0.1, -0.05) is 0 Å². The maximum Gasteiger partial charge on any atom is 0.140 e. The molecule has 0 radical (unpaired) electrons. The molecule has 0 unspecified atom stereocenters. The zero-order valence-electron chi connectivity index (χ0n) is 10.4. The molecule has 1 N–H and O–H groups in total. The van der Waals surface area contributed by atoms with Crippen LogP contribution in [0.3, 0.4) is 0 Å². The number of ether oxygens (including phenoxy) is 1. The summed E-state index contributed by atoms with van der Waals surface area (Å²) in [6.45, 7) is 1.08. The van der Waals surface area contributed by atoms with Crippen molar-refractivity contribution in [3.63, 3.8) is 0 Å². The molecule has 1 heterocycles. The zero-order chi connectivity index (χ0) is 13.1. The van der Waals surface area contributed by atoms with Crippen molar-refractivity contribution in [2.24, 2.45) is 0 Å². The number of hydrogen-bond donors (Lipinski definition) is 1. The first kappa shape index (κ1) is 12.6. The van der Waals surface area contributed by atoms with Crippen molar-refractivity contribution < 1.29 is 9.13 Å². The van der Waals surface area contributed by atoms with Gasteiger partial charge in [-0.15, -0.1) is 11.3 Å². The molecule has 2 aromatic rings. The van der Waals surface area contributed by atoms with E-state index in [9.17, 15) is 4.39 Å². The molecular formula is C14H15FN2OS. The predicted molar refractivity (Wildman–Crippen MR) is 72.7 cm³/mol. The average Bonchev–Trinajstić information content (AvgIpc) is 3.08. The maximum absolute atomic E-state index is 13.5. The summed E-state index contributed by atoms with van der Waals surface area (Å²) in [5.74, 6) is 0.298. The molecule has 100 valence electrons. The first-order valence-corrected chi connectivity index (χ1v) is 7.21. The van der Waals surface area contributed by atoms with Crippen molar-refractivity contribution in [3.05, 3.63) is 46.2 Å². The van der Waals surface area contributed by atoms with E-state index in [1.54, 1.807) is 12.3 Å². The van der Waals surface area contributed by atoms with E-state index in [0.717, 1.165) is 10.6 Å². The van der Waals surface area contributed by atoms with Crippen molar-refractivity contribution in [1.82, 2.24) is 10.3 Å². The Morgan fingerprint density at radius 2 is 2.26 bits per heavy atom. The molecule has 3 nitrogen and oxygen atoms in total. The van der Waals surface area contributed by atoms with Crippen molar-refractivity contribution in [3.8, 4) is 5.75 Å². The third-order valence-corrected chi connectivity index (χ3v) is 3.70. The van der Waals surface area contributed by atoms with Crippen LogP contribution in [0.2, 0.25) is 0 Å². The fourth-order valence-electron chi connectivity index (χ4n) is 1.83. The number of halogens is 1. The van der Waals surface area contributed by atoms with Gasteiger partial charge in [0.15, 0.2) is 0 Å². The highest BCUT2D eigenvalue weighted by Crippen LogP contribution is 2.21. The number of benzene rings is 1. The smallest absolute Gasteiger partial charge is 0.140 e. The zero-order valence-corrected chi connectivity index (χ0v) is 11.3. The molecule has 0 spiro atoms. The largest absolute Gasteiger partial charge is 0.486 e. The van der Waals surface area contributed by atoms with E-state index >= 15 is 0 Å². The van der Waals surface area contributed by atoms with E-state index in [1.165, 1.54) is 30.2 Å². The molecule has 1 aromatic carbocycles. The molecule has 0 bridgehead atoms. The molecule has 0 atom stereocenters. The van der Waals surface area contributed by atoms with E-state index < -0.39 is 0 Å². The second-order valence-corrected chi connectivity index (χ2v) is 5.64. The van der Waals surface area contributed by atoms with Gasteiger partial charge in [-0.25, -0.2) is 9.37 Å². The summed E-state index contributed by atoms with van der Waals surface area (Å²) in [5, 5.41) is 6.15. The van der Waals surface area contributed by atoms with Gasteiger partial charge in [-0.05, 0) is 30.5 Å². The molecule has 0 aliphatic heterocycles. The SMILES string of the molecule is Fc1cc(CNC2CC2)cc(OCc2nccs2)c1. The van der Waals surface area contributed by atoms with E-state index in [-0.39, 0.29) is 5.82 Å². The summed E-state index contributed by atoms with van der Waals surface area (Å²) in [7, 11) is 0. The Labute approximate surface area is 115 Å². The third kappa shape index (κ3) is 3.75. The number of thiazole rings is 1. The Morgan fingerprint density at radius 3 is 3.00 bits per heavy atom. The van der Waals surface area contributed by atoms with Crippen LogP contribution in [0.4, 0.5) is 4.39 Å². The summed E-state index contributed by atoms with van der Waals surface area (Å²) in [6, 6.07) is 5.45. The van der Waals surface area contributed by atoms with Crippen LogP contribution in [0.1, 0.15) is 23.4 Å². The summed E-state index contributed by atoms with van der Waals surface area (Å²) in [5.41, 5.74) is 0.918. The Morgan fingerprint density at radius 1 is 1.37 bits per heavy atom. The fourth-order valence-corrected chi connectivity index (χ4v) is 2.35. The number of aromatic nitrogens is 1. The standard InChI is InChI=1S/C14H15FN2OS/c15-11-5-10(8-17-12-1-2-12)6-13(7-11)18-9-14-16-3-4-19-14/h3-7,12,17H,1-2,8-9H2. The van der Waals surface area contributed by atoms with Gasteiger partial charge in [0.2, 0.25) is 0 Å².